The smallest absolute Gasteiger partial charge is 0.306 e. The number of cyclic esters (lactones) is 1. The van der Waals surface area contributed by atoms with E-state index < -0.39 is 6.10 Å². The van der Waals surface area contributed by atoms with Crippen molar-refractivity contribution in [3.63, 3.8) is 0 Å². The number of carbonyl (C=O) groups is 1. The molecule has 1 N–H and O–H groups in total. The predicted molar refractivity (Wildman–Crippen MR) is 77.0 cm³/mol. The van der Waals surface area contributed by atoms with Gasteiger partial charge in [-0.2, -0.15) is 0 Å². The summed E-state index contributed by atoms with van der Waals surface area (Å²) in [6.45, 7) is 2.24. The highest BCUT2D eigenvalue weighted by Gasteiger charge is 2.26. The van der Waals surface area contributed by atoms with Crippen LogP contribution in [-0.4, -0.2) is 23.3 Å². The highest BCUT2D eigenvalue weighted by molar-refractivity contribution is 5.70. The van der Waals surface area contributed by atoms with Gasteiger partial charge in [-0.05, 0) is 19.3 Å². The third kappa shape index (κ3) is 7.56. The van der Waals surface area contributed by atoms with Crippen LogP contribution in [0, 0.1) is 0 Å². The maximum atomic E-state index is 11.1. The minimum atomic E-state index is -0.454. The molecule has 0 aromatic carbocycles. The van der Waals surface area contributed by atoms with Crippen LogP contribution in [0.25, 0.3) is 0 Å². The molecule has 112 valence electrons. The van der Waals surface area contributed by atoms with Crippen molar-refractivity contribution in [2.45, 2.75) is 96.2 Å². The van der Waals surface area contributed by atoms with E-state index in [1.807, 2.05) is 0 Å². The summed E-state index contributed by atoms with van der Waals surface area (Å²) >= 11 is 0. The van der Waals surface area contributed by atoms with Crippen LogP contribution in [0.1, 0.15) is 84.0 Å². The molecule has 3 nitrogen and oxygen atoms in total. The standard InChI is InChI=1S/C16H30O3/c1-2-3-4-5-6-7-8-9-11-14(17)15-12-10-13-16(18)19-15/h14-15,17H,2-13H2,1H3/t14-,15+/m0/s1. The number of hydrogen-bond donors (Lipinski definition) is 1. The van der Waals surface area contributed by atoms with Gasteiger partial charge in [0.25, 0.3) is 0 Å². The lowest BCUT2D eigenvalue weighted by Gasteiger charge is -2.26. The van der Waals surface area contributed by atoms with Crippen LogP contribution in [0.2, 0.25) is 0 Å². The Kier molecular flexibility index (Phi) is 8.89. The fraction of sp³-hybridized carbons (Fsp3) is 0.938. The molecular weight excluding hydrogens is 240 g/mol. The number of hydrogen-bond acceptors (Lipinski definition) is 3. The van der Waals surface area contributed by atoms with E-state index in [-0.39, 0.29) is 12.1 Å². The molecule has 1 saturated heterocycles. The normalized spacial score (nSPS) is 21.2. The van der Waals surface area contributed by atoms with Gasteiger partial charge in [-0.25, -0.2) is 0 Å². The van der Waals surface area contributed by atoms with Crippen molar-refractivity contribution in [1.82, 2.24) is 0 Å². The minimum absolute atomic E-state index is 0.147. The Hall–Kier alpha value is -0.570. The van der Waals surface area contributed by atoms with E-state index in [2.05, 4.69) is 6.92 Å². The molecule has 0 amide bonds. The van der Waals surface area contributed by atoms with E-state index in [1.165, 1.54) is 44.9 Å². The summed E-state index contributed by atoms with van der Waals surface area (Å²) in [5.74, 6) is -0.147. The quantitative estimate of drug-likeness (QED) is 0.482. The first-order valence-electron chi connectivity index (χ1n) is 8.11. The summed E-state index contributed by atoms with van der Waals surface area (Å²) < 4.78 is 5.18. The zero-order valence-corrected chi connectivity index (χ0v) is 12.4. The third-order valence-electron chi connectivity index (χ3n) is 3.93. The second-order valence-corrected chi connectivity index (χ2v) is 5.75. The zero-order valence-electron chi connectivity index (χ0n) is 12.4. The van der Waals surface area contributed by atoms with Crippen LogP contribution in [0.3, 0.4) is 0 Å². The fourth-order valence-corrected chi connectivity index (χ4v) is 2.68. The molecule has 0 unspecified atom stereocenters. The molecule has 0 aromatic heterocycles. The number of unbranched alkanes of at least 4 members (excludes halogenated alkanes) is 7. The highest BCUT2D eigenvalue weighted by Crippen LogP contribution is 2.20. The van der Waals surface area contributed by atoms with Crippen LogP contribution in [0.4, 0.5) is 0 Å². The maximum Gasteiger partial charge on any atom is 0.306 e. The van der Waals surface area contributed by atoms with Gasteiger partial charge in [0.2, 0.25) is 0 Å². The molecule has 3 heteroatoms. The van der Waals surface area contributed by atoms with Crippen LogP contribution in [0.5, 0.6) is 0 Å². The third-order valence-corrected chi connectivity index (χ3v) is 3.93. The number of rotatable bonds is 10. The lowest BCUT2D eigenvalue weighted by molar-refractivity contribution is -0.161. The first kappa shape index (κ1) is 16.5. The Morgan fingerprint density at radius 2 is 1.79 bits per heavy atom. The van der Waals surface area contributed by atoms with E-state index in [1.54, 1.807) is 0 Å². The summed E-state index contributed by atoms with van der Waals surface area (Å²) in [6, 6.07) is 0. The maximum absolute atomic E-state index is 11.1. The van der Waals surface area contributed by atoms with E-state index in [0.717, 1.165) is 25.7 Å². The number of aliphatic hydroxyl groups excluding tert-OH is 1. The van der Waals surface area contributed by atoms with Gasteiger partial charge in [-0.3, -0.25) is 4.79 Å². The molecule has 0 aliphatic carbocycles. The average Bonchev–Trinajstić information content (AvgIpc) is 2.41. The summed E-state index contributed by atoms with van der Waals surface area (Å²) in [5, 5.41) is 9.99. The average molecular weight is 270 g/mol. The number of carbonyl (C=O) groups excluding carboxylic acids is 1. The van der Waals surface area contributed by atoms with Crippen LogP contribution < -0.4 is 0 Å². The lowest BCUT2D eigenvalue weighted by atomic mass is 9.99. The van der Waals surface area contributed by atoms with Crippen LogP contribution in [-0.2, 0) is 9.53 Å². The van der Waals surface area contributed by atoms with Gasteiger partial charge in [0.15, 0.2) is 0 Å². The second-order valence-electron chi connectivity index (χ2n) is 5.75. The van der Waals surface area contributed by atoms with Crippen molar-refractivity contribution in [2.75, 3.05) is 0 Å². The zero-order chi connectivity index (χ0) is 13.9. The van der Waals surface area contributed by atoms with E-state index in [9.17, 15) is 9.90 Å². The molecule has 1 aliphatic heterocycles. The number of esters is 1. The first-order valence-corrected chi connectivity index (χ1v) is 8.11. The summed E-state index contributed by atoms with van der Waals surface area (Å²) in [7, 11) is 0. The van der Waals surface area contributed by atoms with E-state index in [4.69, 9.17) is 4.74 Å². The Labute approximate surface area is 117 Å². The predicted octanol–water partition coefficient (Wildman–Crippen LogP) is 3.97. The second kappa shape index (κ2) is 10.2. The molecule has 1 rings (SSSR count). The Bertz CT molecular complexity index is 240. The summed E-state index contributed by atoms with van der Waals surface area (Å²) in [5.41, 5.74) is 0. The Morgan fingerprint density at radius 3 is 2.42 bits per heavy atom. The fourth-order valence-electron chi connectivity index (χ4n) is 2.68. The van der Waals surface area contributed by atoms with Gasteiger partial charge in [-0.15, -0.1) is 0 Å². The number of ether oxygens (including phenoxy) is 1. The first-order chi connectivity index (χ1) is 9.24. The Balaban J connectivity index is 1.95. The molecule has 19 heavy (non-hydrogen) atoms. The van der Waals surface area contributed by atoms with E-state index in [0.29, 0.717) is 6.42 Å². The van der Waals surface area contributed by atoms with Crippen molar-refractivity contribution in [3.8, 4) is 0 Å². The van der Waals surface area contributed by atoms with Gasteiger partial charge in [0, 0.05) is 6.42 Å². The van der Waals surface area contributed by atoms with Gasteiger partial charge in [0.05, 0.1) is 6.10 Å². The molecule has 1 fully saturated rings. The molecular formula is C16H30O3. The van der Waals surface area contributed by atoms with Crippen LogP contribution in [0.15, 0.2) is 0 Å². The molecule has 0 spiro atoms. The topological polar surface area (TPSA) is 46.5 Å². The van der Waals surface area contributed by atoms with Crippen molar-refractivity contribution in [2.24, 2.45) is 0 Å². The van der Waals surface area contributed by atoms with Gasteiger partial charge in [0.1, 0.15) is 6.10 Å². The minimum Gasteiger partial charge on any atom is -0.460 e. The van der Waals surface area contributed by atoms with Gasteiger partial charge in [-0.1, -0.05) is 58.3 Å². The molecule has 1 heterocycles. The van der Waals surface area contributed by atoms with Crippen molar-refractivity contribution >= 4 is 5.97 Å². The monoisotopic (exact) mass is 270 g/mol. The van der Waals surface area contributed by atoms with Gasteiger partial charge >= 0.3 is 5.97 Å². The van der Waals surface area contributed by atoms with Gasteiger partial charge < -0.3 is 9.84 Å². The van der Waals surface area contributed by atoms with E-state index >= 15 is 0 Å². The molecule has 1 aliphatic rings. The largest absolute Gasteiger partial charge is 0.460 e. The lowest BCUT2D eigenvalue weighted by Crippen LogP contribution is -2.34. The highest BCUT2D eigenvalue weighted by atomic mass is 16.6. The SMILES string of the molecule is CCCCCCCCCC[C@H](O)[C@H]1CCCC(=O)O1. The molecule has 0 radical (unpaired) electrons. The molecule has 0 bridgehead atoms. The molecule has 0 saturated carbocycles. The summed E-state index contributed by atoms with van der Waals surface area (Å²) in [4.78, 5) is 11.1. The summed E-state index contributed by atoms with van der Waals surface area (Å²) in [6.07, 6.45) is 12.4. The molecule has 0 aromatic rings. The van der Waals surface area contributed by atoms with Crippen molar-refractivity contribution in [3.05, 3.63) is 0 Å². The van der Waals surface area contributed by atoms with Crippen LogP contribution >= 0.6 is 0 Å². The Morgan fingerprint density at radius 1 is 1.16 bits per heavy atom. The van der Waals surface area contributed by atoms with Crippen molar-refractivity contribution in [1.29, 1.82) is 0 Å². The van der Waals surface area contributed by atoms with Crippen molar-refractivity contribution < 1.29 is 14.6 Å². The number of aliphatic hydroxyl groups is 1. The molecule has 2 atom stereocenters.